The predicted molar refractivity (Wildman–Crippen MR) is 87.7 cm³/mol. The molecule has 1 heterocycles. The number of benzene rings is 1. The Labute approximate surface area is 134 Å². The van der Waals surface area contributed by atoms with Crippen molar-refractivity contribution in [3.8, 4) is 0 Å². The maximum atomic E-state index is 6.12. The van der Waals surface area contributed by atoms with Crippen molar-refractivity contribution in [2.45, 2.75) is 19.8 Å². The Kier molecular flexibility index (Phi) is 5.59. The summed E-state index contributed by atoms with van der Waals surface area (Å²) < 4.78 is 0. The van der Waals surface area contributed by atoms with E-state index in [1.165, 1.54) is 0 Å². The van der Waals surface area contributed by atoms with E-state index in [0.29, 0.717) is 21.7 Å². The maximum absolute atomic E-state index is 6.12. The van der Waals surface area contributed by atoms with E-state index < -0.39 is 0 Å². The lowest BCUT2D eigenvalue weighted by molar-refractivity contribution is 0.754. The average Bonchev–Trinajstić information content (AvgIpc) is 2.48. The van der Waals surface area contributed by atoms with Gasteiger partial charge in [-0.15, -0.1) is 5.10 Å². The van der Waals surface area contributed by atoms with Crippen LogP contribution in [0.5, 0.6) is 0 Å². The van der Waals surface area contributed by atoms with Crippen molar-refractivity contribution in [2.75, 3.05) is 23.8 Å². The predicted octanol–water partition coefficient (Wildman–Crippen LogP) is 4.16. The number of hydrogen-bond donors (Lipinski definition) is 1. The van der Waals surface area contributed by atoms with Gasteiger partial charge in [0.05, 0.1) is 16.9 Å². The average molecular weight is 326 g/mol. The molecule has 0 fully saturated rings. The number of aromatic nitrogens is 3. The third-order valence-electron chi connectivity index (χ3n) is 2.96. The fraction of sp³-hybridized carbons (Fsp3) is 0.357. The molecule has 1 aromatic heterocycles. The first-order valence-electron chi connectivity index (χ1n) is 6.73. The second kappa shape index (κ2) is 7.43. The number of unbranched alkanes of at least 4 members (excludes halogenated alkanes) is 1. The molecule has 0 spiro atoms. The maximum Gasteiger partial charge on any atom is 0.249 e. The van der Waals surface area contributed by atoms with Gasteiger partial charge in [0, 0.05) is 18.6 Å². The van der Waals surface area contributed by atoms with Crippen molar-refractivity contribution in [3.05, 3.63) is 34.4 Å². The highest BCUT2D eigenvalue weighted by molar-refractivity contribution is 6.36. The van der Waals surface area contributed by atoms with Gasteiger partial charge in [-0.3, -0.25) is 0 Å². The van der Waals surface area contributed by atoms with E-state index in [1.807, 2.05) is 11.9 Å². The molecular weight excluding hydrogens is 309 g/mol. The molecule has 0 aliphatic rings. The molecule has 1 N–H and O–H groups in total. The Morgan fingerprint density at radius 3 is 2.81 bits per heavy atom. The van der Waals surface area contributed by atoms with E-state index in [4.69, 9.17) is 23.2 Å². The van der Waals surface area contributed by atoms with Gasteiger partial charge in [0.2, 0.25) is 5.95 Å². The zero-order valence-electron chi connectivity index (χ0n) is 12.0. The van der Waals surface area contributed by atoms with Crippen LogP contribution in [0.1, 0.15) is 19.8 Å². The van der Waals surface area contributed by atoms with Gasteiger partial charge in [-0.05, 0) is 24.6 Å². The van der Waals surface area contributed by atoms with E-state index in [9.17, 15) is 0 Å². The van der Waals surface area contributed by atoms with Gasteiger partial charge in [-0.25, -0.2) is 0 Å². The second-order valence-corrected chi connectivity index (χ2v) is 5.51. The molecule has 7 heteroatoms. The number of anilines is 3. The van der Waals surface area contributed by atoms with Gasteiger partial charge < -0.3 is 10.2 Å². The number of rotatable bonds is 6. The van der Waals surface area contributed by atoms with Crippen LogP contribution in [0.4, 0.5) is 17.5 Å². The second-order valence-electron chi connectivity index (χ2n) is 4.66. The standard InChI is InChI=1S/C14H17Cl2N5/c1-3-4-7-21(2)13-9-17-20-14(19-13)18-12-6-5-10(15)8-11(12)16/h5-6,8-9H,3-4,7H2,1-2H3,(H,18,19,20). The van der Waals surface area contributed by atoms with Crippen molar-refractivity contribution in [1.82, 2.24) is 15.2 Å². The van der Waals surface area contributed by atoms with E-state index in [2.05, 4.69) is 27.4 Å². The first kappa shape index (κ1) is 15.8. The summed E-state index contributed by atoms with van der Waals surface area (Å²) in [5, 5.41) is 12.1. The summed E-state index contributed by atoms with van der Waals surface area (Å²) in [7, 11) is 1.98. The molecule has 0 radical (unpaired) electrons. The highest BCUT2D eigenvalue weighted by atomic mass is 35.5. The van der Waals surface area contributed by atoms with Crippen molar-refractivity contribution < 1.29 is 0 Å². The quantitative estimate of drug-likeness (QED) is 0.864. The molecule has 0 atom stereocenters. The smallest absolute Gasteiger partial charge is 0.249 e. The lowest BCUT2D eigenvalue weighted by Crippen LogP contribution is -2.20. The molecule has 0 saturated heterocycles. The molecule has 0 saturated carbocycles. The minimum Gasteiger partial charge on any atom is -0.358 e. The molecule has 112 valence electrons. The van der Waals surface area contributed by atoms with Gasteiger partial charge >= 0.3 is 0 Å². The summed E-state index contributed by atoms with van der Waals surface area (Å²) in [4.78, 5) is 6.48. The Morgan fingerprint density at radius 1 is 1.29 bits per heavy atom. The van der Waals surface area contributed by atoms with E-state index in [0.717, 1.165) is 25.2 Å². The molecule has 0 unspecified atom stereocenters. The fourth-order valence-corrected chi connectivity index (χ4v) is 2.21. The molecule has 0 aliphatic carbocycles. The fourth-order valence-electron chi connectivity index (χ4n) is 1.75. The summed E-state index contributed by atoms with van der Waals surface area (Å²) in [6.45, 7) is 3.08. The van der Waals surface area contributed by atoms with E-state index in [-0.39, 0.29) is 0 Å². The zero-order chi connectivity index (χ0) is 15.2. The van der Waals surface area contributed by atoms with Crippen LogP contribution in [-0.4, -0.2) is 28.8 Å². The van der Waals surface area contributed by atoms with Crippen molar-refractivity contribution in [2.24, 2.45) is 0 Å². The molecular formula is C14H17Cl2N5. The number of halogens is 2. The van der Waals surface area contributed by atoms with Gasteiger partial charge in [0.1, 0.15) is 0 Å². The summed E-state index contributed by atoms with van der Waals surface area (Å²) in [5.41, 5.74) is 0.691. The molecule has 2 aromatic rings. The normalized spacial score (nSPS) is 10.5. The molecule has 0 amide bonds. The molecule has 5 nitrogen and oxygen atoms in total. The molecule has 1 aromatic carbocycles. The zero-order valence-corrected chi connectivity index (χ0v) is 13.5. The first-order valence-corrected chi connectivity index (χ1v) is 7.48. The highest BCUT2D eigenvalue weighted by Crippen LogP contribution is 2.27. The SMILES string of the molecule is CCCCN(C)c1cnnc(Nc2ccc(Cl)cc2Cl)n1. The van der Waals surface area contributed by atoms with Crippen molar-refractivity contribution in [1.29, 1.82) is 0 Å². The van der Waals surface area contributed by atoms with E-state index in [1.54, 1.807) is 24.4 Å². The third kappa shape index (κ3) is 4.44. The van der Waals surface area contributed by atoms with Crippen LogP contribution in [0.2, 0.25) is 10.0 Å². The number of nitrogens with one attached hydrogen (secondary N) is 1. The summed E-state index contributed by atoms with van der Waals surface area (Å²) >= 11 is 12.0. The third-order valence-corrected chi connectivity index (χ3v) is 3.51. The first-order chi connectivity index (χ1) is 10.1. The largest absolute Gasteiger partial charge is 0.358 e. The molecule has 0 bridgehead atoms. The lowest BCUT2D eigenvalue weighted by Gasteiger charge is -2.17. The van der Waals surface area contributed by atoms with Crippen LogP contribution in [-0.2, 0) is 0 Å². The lowest BCUT2D eigenvalue weighted by atomic mass is 10.3. The van der Waals surface area contributed by atoms with Gasteiger partial charge in [0.15, 0.2) is 5.82 Å². The van der Waals surface area contributed by atoms with Crippen molar-refractivity contribution in [3.63, 3.8) is 0 Å². The minimum atomic E-state index is 0.403. The Morgan fingerprint density at radius 2 is 2.10 bits per heavy atom. The highest BCUT2D eigenvalue weighted by Gasteiger charge is 2.07. The van der Waals surface area contributed by atoms with Gasteiger partial charge in [-0.2, -0.15) is 10.1 Å². The summed E-state index contributed by atoms with van der Waals surface area (Å²) in [5.74, 6) is 1.17. The summed E-state index contributed by atoms with van der Waals surface area (Å²) in [6.07, 6.45) is 3.88. The number of hydrogen-bond acceptors (Lipinski definition) is 5. The van der Waals surface area contributed by atoms with Crippen LogP contribution >= 0.6 is 23.2 Å². The number of nitrogens with zero attached hydrogens (tertiary/aromatic N) is 4. The van der Waals surface area contributed by atoms with Crippen LogP contribution in [0, 0.1) is 0 Å². The topological polar surface area (TPSA) is 53.9 Å². The van der Waals surface area contributed by atoms with Crippen LogP contribution in [0.15, 0.2) is 24.4 Å². The van der Waals surface area contributed by atoms with Crippen LogP contribution in [0.25, 0.3) is 0 Å². The molecule has 0 aliphatic heterocycles. The van der Waals surface area contributed by atoms with Crippen molar-refractivity contribution >= 4 is 40.7 Å². The minimum absolute atomic E-state index is 0.403. The molecule has 2 rings (SSSR count). The van der Waals surface area contributed by atoms with Gasteiger partial charge in [0.25, 0.3) is 0 Å². The Bertz CT molecular complexity index is 606. The van der Waals surface area contributed by atoms with Gasteiger partial charge in [-0.1, -0.05) is 36.5 Å². The molecule has 21 heavy (non-hydrogen) atoms. The summed E-state index contributed by atoms with van der Waals surface area (Å²) in [6, 6.07) is 5.19. The van der Waals surface area contributed by atoms with Crippen LogP contribution in [0.3, 0.4) is 0 Å². The Hall–Kier alpha value is -1.59. The Balaban J connectivity index is 2.13. The monoisotopic (exact) mass is 325 g/mol. The van der Waals surface area contributed by atoms with E-state index >= 15 is 0 Å². The van der Waals surface area contributed by atoms with Crippen LogP contribution < -0.4 is 10.2 Å².